The highest BCUT2D eigenvalue weighted by atomic mass is 19.1. The van der Waals surface area contributed by atoms with E-state index in [-0.39, 0.29) is 0 Å². The van der Waals surface area contributed by atoms with Gasteiger partial charge < -0.3 is 4.90 Å². The second-order valence-corrected chi connectivity index (χ2v) is 3.34. The Morgan fingerprint density at radius 3 is 2.85 bits per heavy atom. The Hall–Kier alpha value is -1.12. The summed E-state index contributed by atoms with van der Waals surface area (Å²) >= 11 is 0. The van der Waals surface area contributed by atoms with Gasteiger partial charge in [-0.15, -0.1) is 0 Å². The van der Waals surface area contributed by atoms with E-state index in [9.17, 15) is 4.39 Å². The maximum Gasteiger partial charge on any atom is 0.214 e. The first-order chi connectivity index (χ1) is 6.31. The fourth-order valence-electron chi connectivity index (χ4n) is 1.55. The molecule has 0 bridgehead atoms. The summed E-state index contributed by atoms with van der Waals surface area (Å²) in [5.41, 5.74) is 0. The van der Waals surface area contributed by atoms with Crippen LogP contribution in [0.25, 0.3) is 0 Å². The average Bonchev–Trinajstić information content (AvgIpc) is 2.90. The fourth-order valence-corrected chi connectivity index (χ4v) is 1.55. The number of anilines is 1. The monoisotopic (exact) mass is 180 g/mol. The van der Waals surface area contributed by atoms with Crippen molar-refractivity contribution in [3.05, 3.63) is 24.1 Å². The molecule has 1 aliphatic rings. The predicted molar refractivity (Wildman–Crippen MR) is 50.2 cm³/mol. The Balaban J connectivity index is 2.21. The smallest absolute Gasteiger partial charge is 0.214 e. The molecule has 0 saturated heterocycles. The molecular formula is C10H13FN2. The Morgan fingerprint density at radius 1 is 1.54 bits per heavy atom. The van der Waals surface area contributed by atoms with Gasteiger partial charge in [-0.3, -0.25) is 0 Å². The van der Waals surface area contributed by atoms with Crippen LogP contribution in [-0.4, -0.2) is 17.6 Å². The molecule has 1 heterocycles. The van der Waals surface area contributed by atoms with Gasteiger partial charge in [0.15, 0.2) is 0 Å². The van der Waals surface area contributed by atoms with E-state index in [1.165, 1.54) is 18.9 Å². The molecule has 0 spiro atoms. The quantitative estimate of drug-likeness (QED) is 0.663. The van der Waals surface area contributed by atoms with E-state index < -0.39 is 5.95 Å². The van der Waals surface area contributed by atoms with Crippen molar-refractivity contribution in [1.82, 2.24) is 4.98 Å². The summed E-state index contributed by atoms with van der Waals surface area (Å²) in [4.78, 5) is 6.02. The summed E-state index contributed by atoms with van der Waals surface area (Å²) < 4.78 is 12.8. The molecule has 0 amide bonds. The summed E-state index contributed by atoms with van der Waals surface area (Å²) in [7, 11) is 0. The third kappa shape index (κ3) is 1.79. The van der Waals surface area contributed by atoms with E-state index in [4.69, 9.17) is 0 Å². The van der Waals surface area contributed by atoms with Gasteiger partial charge in [0.1, 0.15) is 5.82 Å². The molecule has 1 aromatic heterocycles. The number of hydrogen-bond acceptors (Lipinski definition) is 2. The second kappa shape index (κ2) is 3.32. The molecule has 1 saturated carbocycles. The highest BCUT2D eigenvalue weighted by molar-refractivity contribution is 5.40. The number of aromatic nitrogens is 1. The van der Waals surface area contributed by atoms with Crippen LogP contribution < -0.4 is 4.90 Å². The molecular weight excluding hydrogens is 167 g/mol. The van der Waals surface area contributed by atoms with Gasteiger partial charge in [-0.1, -0.05) is 6.07 Å². The topological polar surface area (TPSA) is 16.1 Å². The average molecular weight is 180 g/mol. The molecule has 0 N–H and O–H groups in total. The number of nitrogens with zero attached hydrogens (tertiary/aromatic N) is 2. The second-order valence-electron chi connectivity index (χ2n) is 3.34. The predicted octanol–water partition coefficient (Wildman–Crippen LogP) is 2.21. The lowest BCUT2D eigenvalue weighted by Gasteiger charge is -2.20. The summed E-state index contributed by atoms with van der Waals surface area (Å²) in [6, 6.07) is 5.55. The molecule has 0 aromatic carbocycles. The Kier molecular flexibility index (Phi) is 2.17. The number of rotatable bonds is 3. The highest BCUT2D eigenvalue weighted by Crippen LogP contribution is 2.30. The Bertz CT molecular complexity index is 297. The molecule has 13 heavy (non-hydrogen) atoms. The van der Waals surface area contributed by atoms with Gasteiger partial charge in [0.05, 0.1) is 0 Å². The molecule has 2 rings (SSSR count). The van der Waals surface area contributed by atoms with Crippen LogP contribution in [0.2, 0.25) is 0 Å². The van der Waals surface area contributed by atoms with Crippen LogP contribution >= 0.6 is 0 Å². The van der Waals surface area contributed by atoms with Gasteiger partial charge in [-0.25, -0.2) is 4.98 Å². The molecule has 2 nitrogen and oxygen atoms in total. The Morgan fingerprint density at radius 2 is 2.31 bits per heavy atom. The third-order valence-electron chi connectivity index (χ3n) is 2.32. The fraction of sp³-hybridized carbons (Fsp3) is 0.500. The minimum atomic E-state index is -0.392. The van der Waals surface area contributed by atoms with Crippen molar-refractivity contribution in [2.75, 3.05) is 11.4 Å². The van der Waals surface area contributed by atoms with E-state index in [1.807, 2.05) is 6.07 Å². The lowest BCUT2D eigenvalue weighted by molar-refractivity contribution is 0.580. The molecule has 1 aromatic rings. The first-order valence-electron chi connectivity index (χ1n) is 4.70. The molecule has 1 aliphatic carbocycles. The van der Waals surface area contributed by atoms with Gasteiger partial charge >= 0.3 is 0 Å². The zero-order valence-corrected chi connectivity index (χ0v) is 7.70. The van der Waals surface area contributed by atoms with Crippen molar-refractivity contribution in [3.8, 4) is 0 Å². The lowest BCUT2D eigenvalue weighted by atomic mass is 10.4. The van der Waals surface area contributed by atoms with E-state index in [0.717, 1.165) is 12.4 Å². The number of hydrogen-bond donors (Lipinski definition) is 0. The van der Waals surface area contributed by atoms with Crippen LogP contribution in [0, 0.1) is 5.95 Å². The van der Waals surface area contributed by atoms with E-state index in [1.54, 1.807) is 6.07 Å². The summed E-state index contributed by atoms with van der Waals surface area (Å²) in [6.45, 7) is 2.98. The molecule has 70 valence electrons. The van der Waals surface area contributed by atoms with Gasteiger partial charge in [0, 0.05) is 12.6 Å². The van der Waals surface area contributed by atoms with Gasteiger partial charge in [0.25, 0.3) is 0 Å². The largest absolute Gasteiger partial charge is 0.354 e. The maximum absolute atomic E-state index is 12.8. The minimum Gasteiger partial charge on any atom is -0.354 e. The van der Waals surface area contributed by atoms with Crippen LogP contribution in [0.1, 0.15) is 19.8 Å². The summed E-state index contributed by atoms with van der Waals surface area (Å²) in [5.74, 6) is 0.376. The van der Waals surface area contributed by atoms with Crippen LogP contribution in [0.15, 0.2) is 18.2 Å². The zero-order valence-electron chi connectivity index (χ0n) is 7.70. The van der Waals surface area contributed by atoms with Crippen molar-refractivity contribution < 1.29 is 4.39 Å². The molecule has 1 fully saturated rings. The maximum atomic E-state index is 12.8. The van der Waals surface area contributed by atoms with Crippen LogP contribution in [0.5, 0.6) is 0 Å². The summed E-state index contributed by atoms with van der Waals surface area (Å²) in [5, 5.41) is 0. The first kappa shape index (κ1) is 8.48. The SMILES string of the molecule is CCN(c1cccc(F)n1)C1CC1. The van der Waals surface area contributed by atoms with Gasteiger partial charge in [-0.05, 0) is 31.9 Å². The molecule has 0 radical (unpaired) electrons. The minimum absolute atomic E-state index is 0.392. The van der Waals surface area contributed by atoms with Gasteiger partial charge in [-0.2, -0.15) is 4.39 Å². The summed E-state index contributed by atoms with van der Waals surface area (Å²) in [6.07, 6.45) is 2.43. The lowest BCUT2D eigenvalue weighted by Crippen LogP contribution is -2.26. The molecule has 3 heteroatoms. The van der Waals surface area contributed by atoms with Crippen molar-refractivity contribution in [1.29, 1.82) is 0 Å². The molecule has 0 unspecified atom stereocenters. The third-order valence-corrected chi connectivity index (χ3v) is 2.32. The van der Waals surface area contributed by atoms with Crippen LogP contribution in [0.4, 0.5) is 10.2 Å². The zero-order chi connectivity index (χ0) is 9.26. The van der Waals surface area contributed by atoms with Crippen LogP contribution in [-0.2, 0) is 0 Å². The number of pyridine rings is 1. The van der Waals surface area contributed by atoms with Crippen molar-refractivity contribution in [2.24, 2.45) is 0 Å². The van der Waals surface area contributed by atoms with Gasteiger partial charge in [0.2, 0.25) is 5.95 Å². The Labute approximate surface area is 77.4 Å². The van der Waals surface area contributed by atoms with E-state index in [2.05, 4.69) is 16.8 Å². The highest BCUT2D eigenvalue weighted by Gasteiger charge is 2.28. The van der Waals surface area contributed by atoms with E-state index in [0.29, 0.717) is 6.04 Å². The molecule has 0 aliphatic heterocycles. The molecule has 0 atom stereocenters. The normalized spacial score (nSPS) is 15.8. The first-order valence-corrected chi connectivity index (χ1v) is 4.70. The van der Waals surface area contributed by atoms with Crippen molar-refractivity contribution in [3.63, 3.8) is 0 Å². The van der Waals surface area contributed by atoms with E-state index >= 15 is 0 Å². The standard InChI is InChI=1S/C10H13FN2/c1-2-13(8-6-7-8)10-5-3-4-9(11)12-10/h3-5,8H,2,6-7H2,1H3. The van der Waals surface area contributed by atoms with Crippen molar-refractivity contribution in [2.45, 2.75) is 25.8 Å². The number of halogens is 1. The van der Waals surface area contributed by atoms with Crippen molar-refractivity contribution >= 4 is 5.82 Å². The van der Waals surface area contributed by atoms with Crippen LogP contribution in [0.3, 0.4) is 0 Å².